The predicted molar refractivity (Wildman–Crippen MR) is 112 cm³/mol. The molecule has 2 atom stereocenters. The SMILES string of the molecule is C[C@H](O)[C@](C)(CNC(=O)CCN1C(=O)COc2ccccc21)Cc1ccccc1. The zero-order valence-corrected chi connectivity index (χ0v) is 16.9. The fraction of sp³-hybridized carbons (Fsp3) is 0.391. The highest BCUT2D eigenvalue weighted by molar-refractivity contribution is 5.98. The molecule has 1 heterocycles. The van der Waals surface area contributed by atoms with Crippen LogP contribution in [0.25, 0.3) is 0 Å². The van der Waals surface area contributed by atoms with E-state index >= 15 is 0 Å². The Bertz CT molecular complexity index is 853. The summed E-state index contributed by atoms with van der Waals surface area (Å²) in [6.45, 7) is 4.34. The Morgan fingerprint density at radius 3 is 2.62 bits per heavy atom. The topological polar surface area (TPSA) is 78.9 Å². The lowest BCUT2D eigenvalue weighted by Gasteiger charge is -2.33. The summed E-state index contributed by atoms with van der Waals surface area (Å²) < 4.78 is 5.43. The maximum absolute atomic E-state index is 12.5. The second kappa shape index (κ2) is 9.09. The number of rotatable bonds is 8. The van der Waals surface area contributed by atoms with Crippen LogP contribution in [0, 0.1) is 5.41 Å². The molecule has 2 aromatic rings. The Balaban J connectivity index is 1.57. The largest absolute Gasteiger partial charge is 0.482 e. The normalized spacial score (nSPS) is 16.4. The van der Waals surface area contributed by atoms with Gasteiger partial charge in [0.15, 0.2) is 6.61 Å². The fourth-order valence-corrected chi connectivity index (χ4v) is 3.42. The second-order valence-corrected chi connectivity index (χ2v) is 7.82. The number of fused-ring (bicyclic) bond motifs is 1. The number of carbonyl (C=O) groups excluding carboxylic acids is 2. The minimum Gasteiger partial charge on any atom is -0.482 e. The first-order valence-corrected chi connectivity index (χ1v) is 9.90. The summed E-state index contributed by atoms with van der Waals surface area (Å²) in [5.41, 5.74) is 1.31. The van der Waals surface area contributed by atoms with E-state index in [1.165, 1.54) is 0 Å². The zero-order chi connectivity index (χ0) is 20.9. The van der Waals surface area contributed by atoms with E-state index in [9.17, 15) is 14.7 Å². The lowest BCUT2D eigenvalue weighted by molar-refractivity contribution is -0.122. The maximum Gasteiger partial charge on any atom is 0.265 e. The van der Waals surface area contributed by atoms with Crippen molar-refractivity contribution in [2.24, 2.45) is 5.41 Å². The van der Waals surface area contributed by atoms with Crippen molar-refractivity contribution in [2.45, 2.75) is 32.8 Å². The molecule has 6 heteroatoms. The average Bonchev–Trinajstić information content (AvgIpc) is 2.72. The van der Waals surface area contributed by atoms with Crippen LogP contribution in [-0.2, 0) is 16.0 Å². The van der Waals surface area contributed by atoms with Gasteiger partial charge >= 0.3 is 0 Å². The van der Waals surface area contributed by atoms with Crippen molar-refractivity contribution in [2.75, 3.05) is 24.6 Å². The Labute approximate surface area is 171 Å². The first-order valence-electron chi connectivity index (χ1n) is 9.90. The summed E-state index contributed by atoms with van der Waals surface area (Å²) in [4.78, 5) is 26.3. The summed E-state index contributed by atoms with van der Waals surface area (Å²) in [5, 5.41) is 13.2. The number of aliphatic hydroxyl groups is 1. The Morgan fingerprint density at radius 1 is 1.21 bits per heavy atom. The Hall–Kier alpha value is -2.86. The maximum atomic E-state index is 12.5. The van der Waals surface area contributed by atoms with E-state index in [2.05, 4.69) is 5.32 Å². The van der Waals surface area contributed by atoms with Gasteiger partial charge in [0.1, 0.15) is 5.75 Å². The lowest BCUT2D eigenvalue weighted by atomic mass is 9.79. The molecule has 0 fully saturated rings. The van der Waals surface area contributed by atoms with Crippen molar-refractivity contribution < 1.29 is 19.4 Å². The molecule has 154 valence electrons. The number of aliphatic hydroxyl groups excluding tert-OH is 1. The van der Waals surface area contributed by atoms with Crippen molar-refractivity contribution in [1.29, 1.82) is 0 Å². The molecule has 2 amide bonds. The van der Waals surface area contributed by atoms with Crippen LogP contribution in [0.1, 0.15) is 25.8 Å². The number of amides is 2. The zero-order valence-electron chi connectivity index (χ0n) is 16.9. The predicted octanol–water partition coefficient (Wildman–Crippen LogP) is 2.55. The molecule has 3 rings (SSSR count). The van der Waals surface area contributed by atoms with Gasteiger partial charge in [0.05, 0.1) is 11.8 Å². The first kappa shape index (κ1) is 20.9. The fourth-order valence-electron chi connectivity index (χ4n) is 3.42. The Kier molecular flexibility index (Phi) is 6.54. The summed E-state index contributed by atoms with van der Waals surface area (Å²) in [6.07, 6.45) is 0.248. The molecular formula is C23H28N2O4. The number of hydrogen-bond donors (Lipinski definition) is 2. The molecule has 2 N–H and O–H groups in total. The van der Waals surface area contributed by atoms with Gasteiger partial charge in [0.2, 0.25) is 5.91 Å². The van der Waals surface area contributed by atoms with Crippen molar-refractivity contribution in [1.82, 2.24) is 5.32 Å². The van der Waals surface area contributed by atoms with Crippen LogP contribution in [0.5, 0.6) is 5.75 Å². The minimum atomic E-state index is -0.587. The molecule has 0 radical (unpaired) electrons. The minimum absolute atomic E-state index is 0.0180. The standard InChI is InChI=1S/C23H28N2O4/c1-17(26)23(2,14-18-8-4-3-5-9-18)16-24-21(27)12-13-25-19-10-6-7-11-20(19)29-15-22(25)28/h3-11,17,26H,12-16H2,1-2H3,(H,24,27)/t17-,23-/m0/s1. The molecule has 2 aromatic carbocycles. The monoisotopic (exact) mass is 396 g/mol. The first-order chi connectivity index (χ1) is 13.9. The van der Waals surface area contributed by atoms with Crippen LogP contribution in [0.2, 0.25) is 0 Å². The van der Waals surface area contributed by atoms with Gasteiger partial charge in [-0.2, -0.15) is 0 Å². The number of para-hydroxylation sites is 2. The third-order valence-electron chi connectivity index (χ3n) is 5.52. The summed E-state index contributed by atoms with van der Waals surface area (Å²) in [7, 11) is 0. The summed E-state index contributed by atoms with van der Waals surface area (Å²) >= 11 is 0. The second-order valence-electron chi connectivity index (χ2n) is 7.82. The van der Waals surface area contributed by atoms with Gasteiger partial charge in [0, 0.05) is 24.9 Å². The molecule has 29 heavy (non-hydrogen) atoms. The van der Waals surface area contributed by atoms with Crippen LogP contribution >= 0.6 is 0 Å². The van der Waals surface area contributed by atoms with Crippen LogP contribution in [0.15, 0.2) is 54.6 Å². The molecule has 0 aromatic heterocycles. The number of hydrogen-bond acceptors (Lipinski definition) is 4. The van der Waals surface area contributed by atoms with Gasteiger partial charge in [-0.25, -0.2) is 0 Å². The van der Waals surface area contributed by atoms with Gasteiger partial charge in [-0.05, 0) is 31.0 Å². The number of carbonyl (C=O) groups is 2. The van der Waals surface area contributed by atoms with Crippen LogP contribution < -0.4 is 15.0 Å². The average molecular weight is 396 g/mol. The van der Waals surface area contributed by atoms with Crippen molar-refractivity contribution >= 4 is 17.5 Å². The van der Waals surface area contributed by atoms with Crippen LogP contribution in [0.4, 0.5) is 5.69 Å². The molecule has 0 saturated heterocycles. The van der Waals surface area contributed by atoms with Gasteiger partial charge < -0.3 is 20.1 Å². The van der Waals surface area contributed by atoms with Crippen LogP contribution in [-0.4, -0.2) is 42.7 Å². The molecule has 0 unspecified atom stereocenters. The van der Waals surface area contributed by atoms with E-state index in [0.717, 1.165) is 5.56 Å². The third kappa shape index (κ3) is 5.15. The quantitative estimate of drug-likeness (QED) is 0.719. The van der Waals surface area contributed by atoms with Gasteiger partial charge in [-0.15, -0.1) is 0 Å². The van der Waals surface area contributed by atoms with E-state index in [0.29, 0.717) is 24.4 Å². The summed E-state index contributed by atoms with van der Waals surface area (Å²) in [6, 6.07) is 17.2. The molecule has 1 aliphatic heterocycles. The van der Waals surface area contributed by atoms with E-state index in [4.69, 9.17) is 4.74 Å². The molecule has 6 nitrogen and oxygen atoms in total. The molecule has 0 saturated carbocycles. The number of ether oxygens (including phenoxy) is 1. The summed E-state index contributed by atoms with van der Waals surface area (Å²) in [5.74, 6) is 0.341. The van der Waals surface area contributed by atoms with Crippen molar-refractivity contribution in [3.63, 3.8) is 0 Å². The molecular weight excluding hydrogens is 368 g/mol. The molecule has 0 spiro atoms. The number of nitrogens with zero attached hydrogens (tertiary/aromatic N) is 1. The number of nitrogens with one attached hydrogen (secondary N) is 1. The number of anilines is 1. The van der Waals surface area contributed by atoms with E-state index in [-0.39, 0.29) is 31.4 Å². The number of benzene rings is 2. The van der Waals surface area contributed by atoms with Gasteiger partial charge in [-0.3, -0.25) is 9.59 Å². The highest BCUT2D eigenvalue weighted by Gasteiger charge is 2.31. The van der Waals surface area contributed by atoms with E-state index in [1.807, 2.05) is 61.5 Å². The van der Waals surface area contributed by atoms with Gasteiger partial charge in [-0.1, -0.05) is 49.4 Å². The molecule has 0 bridgehead atoms. The van der Waals surface area contributed by atoms with E-state index < -0.39 is 11.5 Å². The molecule has 0 aliphatic carbocycles. The molecule has 1 aliphatic rings. The van der Waals surface area contributed by atoms with Crippen LogP contribution in [0.3, 0.4) is 0 Å². The van der Waals surface area contributed by atoms with Gasteiger partial charge in [0.25, 0.3) is 5.91 Å². The highest BCUT2D eigenvalue weighted by atomic mass is 16.5. The van der Waals surface area contributed by atoms with E-state index in [1.54, 1.807) is 11.8 Å². The smallest absolute Gasteiger partial charge is 0.265 e. The van der Waals surface area contributed by atoms with Crippen molar-refractivity contribution in [3.05, 3.63) is 60.2 Å². The Morgan fingerprint density at radius 2 is 1.90 bits per heavy atom. The third-order valence-corrected chi connectivity index (χ3v) is 5.52. The van der Waals surface area contributed by atoms with Crippen molar-refractivity contribution in [3.8, 4) is 5.75 Å². The lowest BCUT2D eigenvalue weighted by Crippen LogP contribution is -2.45. The highest BCUT2D eigenvalue weighted by Crippen LogP contribution is 2.31.